The van der Waals surface area contributed by atoms with E-state index in [1.54, 1.807) is 44.2 Å². The summed E-state index contributed by atoms with van der Waals surface area (Å²) in [6, 6.07) is 9.96. The highest BCUT2D eigenvalue weighted by Gasteiger charge is 2.32. The van der Waals surface area contributed by atoms with Crippen LogP contribution in [0.15, 0.2) is 46.6 Å². The molecule has 11 heteroatoms. The van der Waals surface area contributed by atoms with Crippen LogP contribution in [0.2, 0.25) is 4.34 Å². The number of rotatable bonds is 7. The van der Waals surface area contributed by atoms with Crippen LogP contribution in [0.1, 0.15) is 35.5 Å². The summed E-state index contributed by atoms with van der Waals surface area (Å²) in [7, 11) is 0. The summed E-state index contributed by atoms with van der Waals surface area (Å²) < 4.78 is 5.58. The number of esters is 1. The van der Waals surface area contributed by atoms with Crippen LogP contribution in [0.25, 0.3) is 0 Å². The Bertz CT molecular complexity index is 1050. The van der Waals surface area contributed by atoms with E-state index in [0.29, 0.717) is 26.5 Å². The summed E-state index contributed by atoms with van der Waals surface area (Å²) in [5, 5.41) is 13.3. The Morgan fingerprint density at radius 1 is 1.23 bits per heavy atom. The first-order chi connectivity index (χ1) is 14.9. The minimum Gasteiger partial charge on any atom is -0.462 e. The maximum Gasteiger partial charge on any atom is 0.338 e. The van der Waals surface area contributed by atoms with Crippen LogP contribution in [-0.2, 0) is 14.3 Å². The molecule has 1 saturated heterocycles. The summed E-state index contributed by atoms with van der Waals surface area (Å²) in [5.74, 6) is -1.06. The van der Waals surface area contributed by atoms with Gasteiger partial charge in [-0.05, 0) is 50.2 Å². The number of anilines is 1. The number of thiophene rings is 1. The van der Waals surface area contributed by atoms with Gasteiger partial charge >= 0.3 is 5.97 Å². The quantitative estimate of drug-likeness (QED) is 0.356. The standard InChI is InChI=1S/C20H19ClN4O4S2/c1-3-29-19(28)12-4-6-13(7-5-12)22-17(26)10-15-18(27)23-20(31-15)25-24-11(2)14-8-9-16(21)30-14/h4-9,15H,3,10H2,1-2H3,(H,22,26)(H,23,25,27)/b24-11-. The summed E-state index contributed by atoms with van der Waals surface area (Å²) in [5.41, 5.74) is 1.59. The van der Waals surface area contributed by atoms with E-state index in [-0.39, 0.29) is 24.8 Å². The predicted octanol–water partition coefficient (Wildman–Crippen LogP) is 3.92. The Labute approximate surface area is 192 Å². The average Bonchev–Trinajstić information content (AvgIpc) is 3.32. The van der Waals surface area contributed by atoms with Gasteiger partial charge in [-0.3, -0.25) is 9.59 Å². The Hall–Kier alpha value is -2.69. The van der Waals surface area contributed by atoms with Crippen molar-refractivity contribution in [3.8, 4) is 0 Å². The molecule has 0 aliphatic carbocycles. The summed E-state index contributed by atoms with van der Waals surface area (Å²) in [4.78, 5) is 37.0. The van der Waals surface area contributed by atoms with Gasteiger partial charge in [-0.25, -0.2) is 4.79 Å². The number of hydrogen-bond acceptors (Lipinski definition) is 8. The van der Waals surface area contributed by atoms with Crippen LogP contribution >= 0.6 is 34.7 Å². The Morgan fingerprint density at radius 2 is 1.97 bits per heavy atom. The lowest BCUT2D eigenvalue weighted by Gasteiger charge is -2.08. The van der Waals surface area contributed by atoms with Crippen molar-refractivity contribution in [1.29, 1.82) is 0 Å². The molecule has 31 heavy (non-hydrogen) atoms. The molecular weight excluding hydrogens is 460 g/mol. The predicted molar refractivity (Wildman–Crippen MR) is 124 cm³/mol. The molecule has 162 valence electrons. The van der Waals surface area contributed by atoms with Crippen molar-refractivity contribution in [3.05, 3.63) is 51.2 Å². The second-order valence-electron chi connectivity index (χ2n) is 6.34. The Morgan fingerprint density at radius 3 is 2.61 bits per heavy atom. The molecule has 0 radical (unpaired) electrons. The maximum atomic E-state index is 12.3. The lowest BCUT2D eigenvalue weighted by Crippen LogP contribution is -2.28. The van der Waals surface area contributed by atoms with Gasteiger partial charge in [0.25, 0.3) is 0 Å². The van der Waals surface area contributed by atoms with Crippen LogP contribution in [0.4, 0.5) is 5.69 Å². The fourth-order valence-corrected chi connectivity index (χ4v) is 4.45. The highest BCUT2D eigenvalue weighted by atomic mass is 35.5. The van der Waals surface area contributed by atoms with Crippen LogP contribution in [0, 0.1) is 0 Å². The number of ether oxygens (including phenoxy) is 1. The molecule has 0 bridgehead atoms. The van der Waals surface area contributed by atoms with Crippen LogP contribution in [0.5, 0.6) is 0 Å². The smallest absolute Gasteiger partial charge is 0.338 e. The van der Waals surface area contributed by atoms with Crippen molar-refractivity contribution in [2.75, 3.05) is 11.9 Å². The molecule has 3 rings (SSSR count). The third-order valence-electron chi connectivity index (χ3n) is 4.05. The summed E-state index contributed by atoms with van der Waals surface area (Å²) in [6.45, 7) is 3.82. The van der Waals surface area contributed by atoms with Crippen LogP contribution in [-0.4, -0.2) is 40.5 Å². The molecule has 0 saturated carbocycles. The zero-order valence-electron chi connectivity index (χ0n) is 16.7. The third-order valence-corrected chi connectivity index (χ3v) is 6.46. The van der Waals surface area contributed by atoms with Gasteiger partial charge < -0.3 is 15.4 Å². The SMILES string of the molecule is CCOC(=O)c1ccc(NC(=O)CC2S/C(=N\N=C(\C)c3ccc(Cl)s3)NC2=O)cc1. The first-order valence-corrected chi connectivity index (χ1v) is 11.4. The van der Waals surface area contributed by atoms with Crippen molar-refractivity contribution in [1.82, 2.24) is 5.32 Å². The third kappa shape index (κ3) is 6.39. The number of hydrogen-bond donors (Lipinski definition) is 2. The minimum absolute atomic E-state index is 0.0294. The Kier molecular flexibility index (Phi) is 7.83. The molecule has 1 unspecified atom stereocenters. The zero-order chi connectivity index (χ0) is 22.4. The van der Waals surface area contributed by atoms with Crippen molar-refractivity contribution in [2.24, 2.45) is 10.2 Å². The second-order valence-corrected chi connectivity index (χ2v) is 9.25. The molecule has 0 spiro atoms. The molecule has 8 nitrogen and oxygen atoms in total. The molecule has 2 heterocycles. The highest BCUT2D eigenvalue weighted by Crippen LogP contribution is 2.24. The van der Waals surface area contributed by atoms with E-state index in [9.17, 15) is 14.4 Å². The molecule has 1 fully saturated rings. The summed E-state index contributed by atoms with van der Waals surface area (Å²) in [6.07, 6.45) is -0.0294. The van der Waals surface area contributed by atoms with Crippen molar-refractivity contribution < 1.29 is 19.1 Å². The zero-order valence-corrected chi connectivity index (χ0v) is 19.1. The van der Waals surface area contributed by atoms with Crippen molar-refractivity contribution in [3.63, 3.8) is 0 Å². The van der Waals surface area contributed by atoms with E-state index in [0.717, 1.165) is 16.6 Å². The maximum absolute atomic E-state index is 12.3. The number of amides is 2. The van der Waals surface area contributed by atoms with E-state index in [1.807, 2.05) is 6.07 Å². The molecule has 1 atom stereocenters. The number of nitrogens with one attached hydrogen (secondary N) is 2. The van der Waals surface area contributed by atoms with Gasteiger partial charge in [0, 0.05) is 12.1 Å². The van der Waals surface area contributed by atoms with Crippen LogP contribution in [0.3, 0.4) is 0 Å². The van der Waals surface area contributed by atoms with E-state index in [4.69, 9.17) is 16.3 Å². The number of amidine groups is 1. The molecule has 1 aromatic carbocycles. The number of carbonyl (C=O) groups excluding carboxylic acids is 3. The Balaban J connectivity index is 1.54. The van der Waals surface area contributed by atoms with Crippen molar-refractivity contribution in [2.45, 2.75) is 25.5 Å². The first-order valence-electron chi connectivity index (χ1n) is 9.28. The fourth-order valence-electron chi connectivity index (χ4n) is 2.55. The largest absolute Gasteiger partial charge is 0.462 e. The van der Waals surface area contributed by atoms with Gasteiger partial charge in [0.15, 0.2) is 5.17 Å². The molecule has 1 aliphatic rings. The van der Waals surface area contributed by atoms with E-state index >= 15 is 0 Å². The molecule has 1 aromatic heterocycles. The lowest BCUT2D eigenvalue weighted by molar-refractivity contribution is -0.122. The molecule has 2 N–H and O–H groups in total. The van der Waals surface area contributed by atoms with Gasteiger partial charge in [-0.15, -0.1) is 16.4 Å². The number of halogens is 1. The average molecular weight is 479 g/mol. The van der Waals surface area contributed by atoms with Gasteiger partial charge in [0.05, 0.1) is 27.1 Å². The lowest BCUT2D eigenvalue weighted by atomic mass is 10.2. The van der Waals surface area contributed by atoms with E-state index < -0.39 is 11.2 Å². The number of thioether (sulfide) groups is 1. The normalized spacial score (nSPS) is 17.5. The van der Waals surface area contributed by atoms with Crippen molar-refractivity contribution >= 4 is 69.0 Å². The molecular formula is C20H19ClN4O4S2. The van der Waals surface area contributed by atoms with Gasteiger partial charge in [0.2, 0.25) is 11.8 Å². The van der Waals surface area contributed by atoms with E-state index in [1.165, 1.54) is 11.3 Å². The number of nitrogens with zero attached hydrogens (tertiary/aromatic N) is 2. The molecule has 1 aliphatic heterocycles. The topological polar surface area (TPSA) is 109 Å². The number of carbonyl (C=O) groups is 3. The van der Waals surface area contributed by atoms with E-state index in [2.05, 4.69) is 20.8 Å². The monoisotopic (exact) mass is 478 g/mol. The molecule has 2 aromatic rings. The van der Waals surface area contributed by atoms with Gasteiger partial charge in [-0.1, -0.05) is 23.4 Å². The minimum atomic E-state index is -0.607. The highest BCUT2D eigenvalue weighted by molar-refractivity contribution is 8.15. The second kappa shape index (κ2) is 10.6. The van der Waals surface area contributed by atoms with Gasteiger partial charge in [0.1, 0.15) is 5.25 Å². The van der Waals surface area contributed by atoms with Gasteiger partial charge in [-0.2, -0.15) is 5.10 Å². The fraction of sp³-hybridized carbons (Fsp3) is 0.250. The van der Waals surface area contributed by atoms with Crippen LogP contribution < -0.4 is 10.6 Å². The molecule has 2 amide bonds. The number of benzene rings is 1. The first kappa shape index (κ1) is 23.0. The summed E-state index contributed by atoms with van der Waals surface area (Å²) >= 11 is 8.45.